The number of thiocarbonyl (C=S) groups is 1. The van der Waals surface area contributed by atoms with E-state index in [1.54, 1.807) is 7.05 Å². The van der Waals surface area contributed by atoms with Gasteiger partial charge in [0, 0.05) is 7.05 Å². The molecule has 0 fully saturated rings. The summed E-state index contributed by atoms with van der Waals surface area (Å²) in [5.41, 5.74) is 7.69. The van der Waals surface area contributed by atoms with Crippen LogP contribution in [0.2, 0.25) is 0 Å². The first kappa shape index (κ1) is 7.09. The van der Waals surface area contributed by atoms with Crippen LogP contribution >= 0.6 is 12.2 Å². The Morgan fingerprint density at radius 1 is 1.75 bits per heavy atom. The maximum atomic E-state index is 7.69. The van der Waals surface area contributed by atoms with Gasteiger partial charge in [-0.25, -0.2) is 5.11 Å². The molecule has 44 valence electrons. The first-order valence-electron chi connectivity index (χ1n) is 1.78. The predicted octanol–water partition coefficient (Wildman–Crippen LogP) is 0.879. The van der Waals surface area contributed by atoms with Crippen molar-refractivity contribution in [2.24, 2.45) is 15.6 Å². The molecule has 0 radical (unpaired) electrons. The van der Waals surface area contributed by atoms with Crippen molar-refractivity contribution in [3.63, 3.8) is 0 Å². The Kier molecular flexibility index (Phi) is 3.77. The van der Waals surface area contributed by atoms with Crippen molar-refractivity contribution in [1.82, 2.24) is 5.32 Å². The summed E-state index contributed by atoms with van der Waals surface area (Å²) in [6, 6.07) is 0. The molecule has 0 rings (SSSR count). The van der Waals surface area contributed by atoms with Crippen molar-refractivity contribution in [2.45, 2.75) is 0 Å². The Balaban J connectivity index is 3.52. The monoisotopic (exact) mass is 130 g/mol. The molecule has 8 heavy (non-hydrogen) atoms. The number of nitrogens with one attached hydrogen (secondary N) is 1. The van der Waals surface area contributed by atoms with Crippen LogP contribution < -0.4 is 5.32 Å². The molecule has 0 unspecified atom stereocenters. The molecule has 0 bridgehead atoms. The molecule has 0 amide bonds. The summed E-state index contributed by atoms with van der Waals surface area (Å²) < 4.78 is 0. The first-order valence-corrected chi connectivity index (χ1v) is 2.19. The minimum atomic E-state index is 0.183. The van der Waals surface area contributed by atoms with Gasteiger partial charge in [0.05, 0.1) is 0 Å². The van der Waals surface area contributed by atoms with Crippen LogP contribution in [-0.2, 0) is 0 Å². The highest BCUT2D eigenvalue weighted by Gasteiger charge is 1.75. The van der Waals surface area contributed by atoms with Crippen LogP contribution in [0.15, 0.2) is 15.6 Å². The Bertz CT molecular complexity index is 118. The highest BCUT2D eigenvalue weighted by molar-refractivity contribution is 7.80. The fraction of sp³-hybridized carbons (Fsp3) is 0.500. The molecule has 5 nitrogen and oxygen atoms in total. The molecule has 0 aliphatic rings. The second-order valence-corrected chi connectivity index (χ2v) is 1.22. The van der Waals surface area contributed by atoms with Gasteiger partial charge in [0.15, 0.2) is 5.11 Å². The Morgan fingerprint density at radius 2 is 2.38 bits per heavy atom. The third-order valence-electron chi connectivity index (χ3n) is 0.389. The summed E-state index contributed by atoms with van der Waals surface area (Å²) in [5.74, 6) is 0. The van der Waals surface area contributed by atoms with Crippen LogP contribution in [0, 0.1) is 0 Å². The number of hydrogen-bond donors (Lipinski definition) is 1. The molecule has 0 aliphatic carbocycles. The fourth-order valence-corrected chi connectivity index (χ4v) is 0.147. The SMILES string of the molecule is CNC(=S)/N=N/N=[N-]. The molecule has 0 aromatic carbocycles. The van der Waals surface area contributed by atoms with Gasteiger partial charge in [-0.2, -0.15) is 0 Å². The van der Waals surface area contributed by atoms with Gasteiger partial charge in [-0.3, -0.25) is 10.4 Å². The maximum absolute atomic E-state index is 7.69. The molecule has 0 aromatic heterocycles. The summed E-state index contributed by atoms with van der Waals surface area (Å²) >= 11 is 4.48. The van der Waals surface area contributed by atoms with Crippen molar-refractivity contribution in [3.05, 3.63) is 5.53 Å². The van der Waals surface area contributed by atoms with Crippen LogP contribution in [0.25, 0.3) is 5.53 Å². The summed E-state index contributed by atoms with van der Waals surface area (Å²) in [4.78, 5) is 0. The van der Waals surface area contributed by atoms with E-state index in [1.807, 2.05) is 0 Å². The van der Waals surface area contributed by atoms with Gasteiger partial charge >= 0.3 is 0 Å². The zero-order valence-electron chi connectivity index (χ0n) is 4.20. The third kappa shape index (κ3) is 3.29. The lowest BCUT2D eigenvalue weighted by Gasteiger charge is -1.91. The lowest BCUT2D eigenvalue weighted by atomic mass is 11.1. The Morgan fingerprint density at radius 3 is 2.75 bits per heavy atom. The second kappa shape index (κ2) is 4.25. The van der Waals surface area contributed by atoms with E-state index in [1.165, 1.54) is 0 Å². The highest BCUT2D eigenvalue weighted by Crippen LogP contribution is 1.76. The molecule has 0 spiro atoms. The van der Waals surface area contributed by atoms with Crippen LogP contribution in [0.1, 0.15) is 0 Å². The van der Waals surface area contributed by atoms with E-state index in [4.69, 9.17) is 5.53 Å². The van der Waals surface area contributed by atoms with Crippen LogP contribution in [0.3, 0.4) is 0 Å². The molecule has 0 aromatic rings. The normalized spacial score (nSPS) is 9.12. The summed E-state index contributed by atoms with van der Waals surface area (Å²) in [6.07, 6.45) is 0. The minimum absolute atomic E-state index is 0.183. The van der Waals surface area contributed by atoms with E-state index in [9.17, 15) is 0 Å². The number of nitrogens with zero attached hydrogens (tertiary/aromatic N) is 4. The van der Waals surface area contributed by atoms with Crippen molar-refractivity contribution in [2.75, 3.05) is 7.05 Å². The lowest BCUT2D eigenvalue weighted by Crippen LogP contribution is -2.10. The molecular weight excluding hydrogens is 126 g/mol. The predicted molar refractivity (Wildman–Crippen MR) is 32.3 cm³/mol. The molecule has 6 heteroatoms. The lowest BCUT2D eigenvalue weighted by molar-refractivity contribution is 1.04. The van der Waals surface area contributed by atoms with Crippen molar-refractivity contribution < 1.29 is 0 Å². The largest absolute Gasteiger partial charge is 0.364 e. The van der Waals surface area contributed by atoms with E-state index in [-0.39, 0.29) is 5.11 Å². The Labute approximate surface area is 51.7 Å². The molecule has 1 N–H and O–H groups in total. The number of rotatable bonds is 1. The summed E-state index contributed by atoms with van der Waals surface area (Å²) in [6.45, 7) is 0. The van der Waals surface area contributed by atoms with Crippen LogP contribution in [-0.4, -0.2) is 12.2 Å². The van der Waals surface area contributed by atoms with Gasteiger partial charge in [0.1, 0.15) is 0 Å². The van der Waals surface area contributed by atoms with Gasteiger partial charge in [0.2, 0.25) is 0 Å². The zero-order valence-corrected chi connectivity index (χ0v) is 5.01. The van der Waals surface area contributed by atoms with Gasteiger partial charge < -0.3 is 10.8 Å². The smallest absolute Gasteiger partial charge is 0.192 e. The number of hydrogen-bond acceptors (Lipinski definition) is 1. The third-order valence-corrected chi connectivity index (χ3v) is 0.675. The summed E-state index contributed by atoms with van der Waals surface area (Å²) in [7, 11) is 1.60. The topological polar surface area (TPSA) is 71.4 Å². The summed E-state index contributed by atoms with van der Waals surface area (Å²) in [5, 5.41) is 11.1. The molecular formula is C2H4N5S-. The molecule has 0 heterocycles. The maximum Gasteiger partial charge on any atom is 0.192 e. The van der Waals surface area contributed by atoms with E-state index >= 15 is 0 Å². The van der Waals surface area contributed by atoms with Gasteiger partial charge in [-0.15, -0.1) is 0 Å². The van der Waals surface area contributed by atoms with E-state index in [2.05, 4.69) is 33.1 Å². The Hall–Kier alpha value is -0.910. The van der Waals surface area contributed by atoms with Gasteiger partial charge in [-0.1, -0.05) is 0 Å². The average molecular weight is 130 g/mol. The van der Waals surface area contributed by atoms with Crippen molar-refractivity contribution >= 4 is 17.3 Å². The fourth-order valence-electron chi connectivity index (χ4n) is 0.111. The van der Waals surface area contributed by atoms with Crippen molar-refractivity contribution in [3.8, 4) is 0 Å². The van der Waals surface area contributed by atoms with Gasteiger partial charge in [0.25, 0.3) is 0 Å². The standard InChI is InChI=1S/C2H4N5S/c1-4-2(8)5-7-6-3/h1H3,(H,4,8)/q-1/b7-5+. The van der Waals surface area contributed by atoms with Crippen LogP contribution in [0.4, 0.5) is 0 Å². The highest BCUT2D eigenvalue weighted by atomic mass is 32.1. The molecule has 0 aliphatic heterocycles. The molecule has 0 saturated heterocycles. The molecule has 0 saturated carbocycles. The van der Waals surface area contributed by atoms with E-state index in [0.717, 1.165) is 0 Å². The van der Waals surface area contributed by atoms with Crippen LogP contribution in [0.5, 0.6) is 0 Å². The molecule has 0 atom stereocenters. The average Bonchev–Trinajstić information content (AvgIpc) is 1.83. The van der Waals surface area contributed by atoms with E-state index < -0.39 is 0 Å². The minimum Gasteiger partial charge on any atom is -0.364 e. The van der Waals surface area contributed by atoms with Gasteiger partial charge in [-0.05, 0) is 12.2 Å². The van der Waals surface area contributed by atoms with Crippen molar-refractivity contribution in [1.29, 1.82) is 0 Å². The quantitative estimate of drug-likeness (QED) is 0.325. The zero-order chi connectivity index (χ0) is 6.41. The van der Waals surface area contributed by atoms with E-state index in [0.29, 0.717) is 0 Å². The second-order valence-electron chi connectivity index (χ2n) is 0.834. The first-order chi connectivity index (χ1) is 3.81.